The summed E-state index contributed by atoms with van der Waals surface area (Å²) in [4.78, 5) is 12.0. The molecule has 5 nitrogen and oxygen atoms in total. The van der Waals surface area contributed by atoms with E-state index in [0.717, 1.165) is 0 Å². The van der Waals surface area contributed by atoms with Gasteiger partial charge in [0.25, 0.3) is 5.91 Å². The summed E-state index contributed by atoms with van der Waals surface area (Å²) in [6.07, 6.45) is 0. The lowest BCUT2D eigenvalue weighted by Crippen LogP contribution is -2.40. The van der Waals surface area contributed by atoms with Crippen LogP contribution < -0.4 is 20.5 Å². The number of hydrogen-bond donors (Lipinski definition) is 2. The first-order chi connectivity index (χ1) is 8.99. The molecule has 1 unspecified atom stereocenters. The topological polar surface area (TPSA) is 73.6 Å². The fourth-order valence-corrected chi connectivity index (χ4v) is 1.53. The van der Waals surface area contributed by atoms with Gasteiger partial charge in [0.15, 0.2) is 11.5 Å². The monoisotopic (exact) mass is 266 g/mol. The first-order valence-electron chi connectivity index (χ1n) is 6.25. The van der Waals surface area contributed by atoms with Crippen molar-refractivity contribution in [2.24, 2.45) is 11.7 Å². The second-order valence-corrected chi connectivity index (χ2v) is 4.69. The van der Waals surface area contributed by atoms with Gasteiger partial charge < -0.3 is 20.5 Å². The van der Waals surface area contributed by atoms with Crippen molar-refractivity contribution in [2.45, 2.75) is 19.9 Å². The Morgan fingerprint density at radius 2 is 1.89 bits per heavy atom. The molecular weight excluding hydrogens is 244 g/mol. The van der Waals surface area contributed by atoms with Crippen molar-refractivity contribution < 1.29 is 14.3 Å². The van der Waals surface area contributed by atoms with Crippen molar-refractivity contribution in [1.82, 2.24) is 5.32 Å². The number of rotatable bonds is 6. The molecule has 0 radical (unpaired) electrons. The maximum absolute atomic E-state index is 12.0. The summed E-state index contributed by atoms with van der Waals surface area (Å²) < 4.78 is 10.3. The van der Waals surface area contributed by atoms with Crippen LogP contribution in [0, 0.1) is 5.92 Å². The van der Waals surface area contributed by atoms with Crippen LogP contribution in [0.15, 0.2) is 18.2 Å². The standard InChI is InChI=1S/C14H22N2O3/c1-9(2)11(15)8-16-14(17)10-5-6-12(18-3)13(7-10)19-4/h5-7,9,11H,8,15H2,1-4H3,(H,16,17). The number of methoxy groups -OCH3 is 2. The Balaban J connectivity index is 2.72. The molecule has 106 valence electrons. The molecule has 0 saturated heterocycles. The molecule has 0 aliphatic rings. The first kappa shape index (κ1) is 15.3. The summed E-state index contributed by atoms with van der Waals surface area (Å²) in [5.41, 5.74) is 6.41. The molecule has 0 heterocycles. The van der Waals surface area contributed by atoms with Crippen molar-refractivity contribution in [3.8, 4) is 11.5 Å². The van der Waals surface area contributed by atoms with E-state index in [2.05, 4.69) is 5.32 Å². The molecule has 0 fully saturated rings. The highest BCUT2D eigenvalue weighted by Crippen LogP contribution is 2.27. The Hall–Kier alpha value is -1.75. The Labute approximate surface area is 114 Å². The van der Waals surface area contributed by atoms with E-state index in [4.69, 9.17) is 15.2 Å². The number of carbonyl (C=O) groups is 1. The van der Waals surface area contributed by atoms with Crippen LogP contribution in [0.4, 0.5) is 0 Å². The quantitative estimate of drug-likeness (QED) is 0.816. The minimum Gasteiger partial charge on any atom is -0.493 e. The van der Waals surface area contributed by atoms with Crippen LogP contribution in [0.1, 0.15) is 24.2 Å². The summed E-state index contributed by atoms with van der Waals surface area (Å²) in [7, 11) is 3.09. The van der Waals surface area contributed by atoms with Gasteiger partial charge in [-0.25, -0.2) is 0 Å². The van der Waals surface area contributed by atoms with Gasteiger partial charge >= 0.3 is 0 Å². The lowest BCUT2D eigenvalue weighted by molar-refractivity contribution is 0.0949. The molecule has 1 amide bonds. The van der Waals surface area contributed by atoms with E-state index in [1.165, 1.54) is 7.11 Å². The van der Waals surface area contributed by atoms with E-state index >= 15 is 0 Å². The van der Waals surface area contributed by atoms with E-state index in [-0.39, 0.29) is 11.9 Å². The molecule has 0 bridgehead atoms. The average Bonchev–Trinajstić information content (AvgIpc) is 2.43. The molecule has 3 N–H and O–H groups in total. The van der Waals surface area contributed by atoms with Gasteiger partial charge in [0.2, 0.25) is 0 Å². The molecule has 1 rings (SSSR count). The van der Waals surface area contributed by atoms with Gasteiger partial charge in [-0.1, -0.05) is 13.8 Å². The molecule has 19 heavy (non-hydrogen) atoms. The van der Waals surface area contributed by atoms with Crippen LogP contribution in [0.5, 0.6) is 11.5 Å². The summed E-state index contributed by atoms with van der Waals surface area (Å²) >= 11 is 0. The van der Waals surface area contributed by atoms with E-state index in [1.54, 1.807) is 25.3 Å². The lowest BCUT2D eigenvalue weighted by Gasteiger charge is -2.16. The lowest BCUT2D eigenvalue weighted by atomic mass is 10.1. The normalized spacial score (nSPS) is 12.1. The third-order valence-electron chi connectivity index (χ3n) is 3.00. The number of hydrogen-bond acceptors (Lipinski definition) is 4. The highest BCUT2D eigenvalue weighted by Gasteiger charge is 2.13. The molecule has 1 aromatic carbocycles. The Morgan fingerprint density at radius 3 is 2.42 bits per heavy atom. The smallest absolute Gasteiger partial charge is 0.251 e. The van der Waals surface area contributed by atoms with Crippen LogP contribution in [-0.2, 0) is 0 Å². The minimum atomic E-state index is -0.169. The highest BCUT2D eigenvalue weighted by molar-refractivity contribution is 5.94. The van der Waals surface area contributed by atoms with Crippen LogP contribution in [0.2, 0.25) is 0 Å². The van der Waals surface area contributed by atoms with Crippen LogP contribution in [0.3, 0.4) is 0 Å². The number of carbonyl (C=O) groups excluding carboxylic acids is 1. The average molecular weight is 266 g/mol. The van der Waals surface area contributed by atoms with Gasteiger partial charge in [-0.15, -0.1) is 0 Å². The van der Waals surface area contributed by atoms with Gasteiger partial charge in [-0.3, -0.25) is 4.79 Å². The molecule has 5 heteroatoms. The zero-order valence-corrected chi connectivity index (χ0v) is 11.9. The summed E-state index contributed by atoms with van der Waals surface area (Å²) in [6.45, 7) is 4.49. The summed E-state index contributed by atoms with van der Waals surface area (Å²) in [5.74, 6) is 1.28. The maximum Gasteiger partial charge on any atom is 0.251 e. The largest absolute Gasteiger partial charge is 0.493 e. The van der Waals surface area contributed by atoms with Crippen molar-refractivity contribution in [3.63, 3.8) is 0 Å². The van der Waals surface area contributed by atoms with Crippen molar-refractivity contribution in [3.05, 3.63) is 23.8 Å². The molecule has 0 aliphatic heterocycles. The van der Waals surface area contributed by atoms with Gasteiger partial charge in [0.05, 0.1) is 14.2 Å². The predicted octanol–water partition coefficient (Wildman–Crippen LogP) is 1.42. The highest BCUT2D eigenvalue weighted by atomic mass is 16.5. The number of amides is 1. The molecular formula is C14H22N2O3. The van der Waals surface area contributed by atoms with E-state index < -0.39 is 0 Å². The molecule has 1 aromatic rings. The van der Waals surface area contributed by atoms with Gasteiger partial charge in [0, 0.05) is 18.2 Å². The summed E-state index contributed by atoms with van der Waals surface area (Å²) in [5, 5.41) is 2.81. The van der Waals surface area contributed by atoms with Crippen LogP contribution in [0.25, 0.3) is 0 Å². The van der Waals surface area contributed by atoms with Crippen molar-refractivity contribution in [1.29, 1.82) is 0 Å². The number of ether oxygens (including phenoxy) is 2. The van der Waals surface area contributed by atoms with E-state index in [1.807, 2.05) is 13.8 Å². The molecule has 0 saturated carbocycles. The van der Waals surface area contributed by atoms with Crippen molar-refractivity contribution in [2.75, 3.05) is 20.8 Å². The second-order valence-electron chi connectivity index (χ2n) is 4.69. The third kappa shape index (κ3) is 4.13. The number of nitrogens with one attached hydrogen (secondary N) is 1. The Morgan fingerprint density at radius 1 is 1.26 bits per heavy atom. The molecule has 0 aliphatic carbocycles. The third-order valence-corrected chi connectivity index (χ3v) is 3.00. The minimum absolute atomic E-state index is 0.0518. The Bertz CT molecular complexity index is 433. The number of benzene rings is 1. The fourth-order valence-electron chi connectivity index (χ4n) is 1.53. The van der Waals surface area contributed by atoms with Crippen LogP contribution >= 0.6 is 0 Å². The van der Waals surface area contributed by atoms with Gasteiger partial charge in [0.1, 0.15) is 0 Å². The second kappa shape index (κ2) is 6.99. The molecule has 0 aromatic heterocycles. The number of nitrogens with two attached hydrogens (primary N) is 1. The molecule has 0 spiro atoms. The SMILES string of the molecule is COc1ccc(C(=O)NCC(N)C(C)C)cc1OC. The first-order valence-corrected chi connectivity index (χ1v) is 6.25. The van der Waals surface area contributed by atoms with E-state index in [0.29, 0.717) is 29.5 Å². The van der Waals surface area contributed by atoms with Crippen LogP contribution in [-0.4, -0.2) is 32.7 Å². The van der Waals surface area contributed by atoms with Crippen molar-refractivity contribution >= 4 is 5.91 Å². The molecule has 1 atom stereocenters. The predicted molar refractivity (Wildman–Crippen MR) is 74.7 cm³/mol. The van der Waals surface area contributed by atoms with E-state index in [9.17, 15) is 4.79 Å². The zero-order valence-electron chi connectivity index (χ0n) is 11.9. The summed E-state index contributed by atoms with van der Waals surface area (Å²) in [6, 6.07) is 4.99. The Kier molecular flexibility index (Phi) is 5.63. The van der Waals surface area contributed by atoms with Gasteiger partial charge in [-0.2, -0.15) is 0 Å². The maximum atomic E-state index is 12.0. The fraction of sp³-hybridized carbons (Fsp3) is 0.500. The zero-order chi connectivity index (χ0) is 14.4. The van der Waals surface area contributed by atoms with Gasteiger partial charge in [-0.05, 0) is 24.1 Å².